The summed E-state index contributed by atoms with van der Waals surface area (Å²) in [4.78, 5) is 12.9. The molecule has 134 valence electrons. The molecule has 0 aliphatic carbocycles. The van der Waals surface area contributed by atoms with Crippen LogP contribution in [0.15, 0.2) is 24.3 Å². The Labute approximate surface area is 141 Å². The minimum atomic E-state index is -0.381. The number of nitrogens with zero attached hydrogens (tertiary/aromatic N) is 2. The smallest absolute Gasteiger partial charge is 0.292 e. The summed E-state index contributed by atoms with van der Waals surface area (Å²) in [6, 6.07) is 6.64. The fraction of sp³-hybridized carbons (Fsp3) is 0.625. The van der Waals surface area contributed by atoms with Crippen LogP contribution >= 0.6 is 0 Å². The molecule has 0 aromatic heterocycles. The van der Waals surface area contributed by atoms with Crippen molar-refractivity contribution in [2.45, 2.75) is 6.10 Å². The summed E-state index contributed by atoms with van der Waals surface area (Å²) in [6.07, 6.45) is -0.00228. The van der Waals surface area contributed by atoms with E-state index in [-0.39, 0.29) is 16.7 Å². The van der Waals surface area contributed by atoms with Crippen LogP contribution in [-0.4, -0.2) is 75.6 Å². The van der Waals surface area contributed by atoms with E-state index in [4.69, 9.17) is 14.2 Å². The number of rotatable bonds is 10. The predicted molar refractivity (Wildman–Crippen MR) is 90.5 cm³/mol. The van der Waals surface area contributed by atoms with Gasteiger partial charge in [-0.25, -0.2) is 0 Å². The average Bonchev–Trinajstić information content (AvgIpc) is 2.60. The zero-order valence-electron chi connectivity index (χ0n) is 14.0. The molecule has 1 N–H and O–H groups in total. The van der Waals surface area contributed by atoms with Gasteiger partial charge in [-0.15, -0.1) is 0 Å². The predicted octanol–water partition coefficient (Wildman–Crippen LogP) is 1.37. The zero-order chi connectivity index (χ0) is 17.2. The number of methoxy groups -OCH3 is 1. The molecule has 0 unspecified atom stereocenters. The van der Waals surface area contributed by atoms with Crippen molar-refractivity contribution in [3.63, 3.8) is 0 Å². The van der Waals surface area contributed by atoms with Crippen LogP contribution in [0.4, 0.5) is 11.4 Å². The zero-order valence-corrected chi connectivity index (χ0v) is 14.0. The van der Waals surface area contributed by atoms with Crippen LogP contribution in [0, 0.1) is 10.1 Å². The van der Waals surface area contributed by atoms with Crippen molar-refractivity contribution in [1.29, 1.82) is 0 Å². The number of benzene rings is 1. The number of hydrogen-bond acceptors (Lipinski definition) is 7. The third-order valence-corrected chi connectivity index (χ3v) is 3.83. The molecule has 1 saturated heterocycles. The minimum absolute atomic E-state index is 0.00228. The van der Waals surface area contributed by atoms with Crippen LogP contribution in [-0.2, 0) is 14.2 Å². The Hall–Kier alpha value is -1.74. The Morgan fingerprint density at radius 2 is 2.21 bits per heavy atom. The summed E-state index contributed by atoms with van der Waals surface area (Å²) in [7, 11) is 1.65. The number of nitro benzene ring substituents is 1. The van der Waals surface area contributed by atoms with Gasteiger partial charge in [0.2, 0.25) is 0 Å². The van der Waals surface area contributed by atoms with Crippen LogP contribution in [0.25, 0.3) is 0 Å². The molecule has 1 heterocycles. The van der Waals surface area contributed by atoms with Gasteiger partial charge in [-0.1, -0.05) is 12.1 Å². The van der Waals surface area contributed by atoms with Gasteiger partial charge in [0, 0.05) is 39.4 Å². The molecular formula is C16H25N3O5. The van der Waals surface area contributed by atoms with Gasteiger partial charge in [-0.3, -0.25) is 15.0 Å². The third kappa shape index (κ3) is 6.04. The van der Waals surface area contributed by atoms with Crippen molar-refractivity contribution in [2.24, 2.45) is 0 Å². The highest BCUT2D eigenvalue weighted by Gasteiger charge is 2.21. The van der Waals surface area contributed by atoms with E-state index >= 15 is 0 Å². The van der Waals surface area contributed by atoms with E-state index in [2.05, 4.69) is 10.2 Å². The molecule has 0 spiro atoms. The van der Waals surface area contributed by atoms with Gasteiger partial charge < -0.3 is 19.5 Å². The summed E-state index contributed by atoms with van der Waals surface area (Å²) in [5.74, 6) is 0. The Bertz CT molecular complexity index is 514. The van der Waals surface area contributed by atoms with Gasteiger partial charge in [0.05, 0.1) is 37.5 Å². The quantitative estimate of drug-likeness (QED) is 0.391. The maximum atomic E-state index is 11.0. The molecule has 1 aliphatic heterocycles. The standard InChI is InChI=1S/C16H25N3O5/c1-22-10-11-23-8-6-18-7-9-24-14(13-18)12-17-15-4-2-3-5-16(15)19(20)21/h2-5,14,17H,6-13H2,1H3/t14-/m1/s1. The van der Waals surface area contributed by atoms with E-state index in [0.717, 1.165) is 19.6 Å². The summed E-state index contributed by atoms with van der Waals surface area (Å²) in [5, 5.41) is 14.1. The minimum Gasteiger partial charge on any atom is -0.382 e. The maximum Gasteiger partial charge on any atom is 0.292 e. The van der Waals surface area contributed by atoms with Gasteiger partial charge in [0.1, 0.15) is 5.69 Å². The lowest BCUT2D eigenvalue weighted by molar-refractivity contribution is -0.384. The van der Waals surface area contributed by atoms with Gasteiger partial charge in [-0.05, 0) is 6.07 Å². The van der Waals surface area contributed by atoms with Crippen LogP contribution in [0.3, 0.4) is 0 Å². The average molecular weight is 339 g/mol. The first-order valence-corrected chi connectivity index (χ1v) is 8.08. The number of ether oxygens (including phenoxy) is 3. The number of nitrogens with one attached hydrogen (secondary N) is 1. The van der Waals surface area contributed by atoms with Crippen molar-refractivity contribution < 1.29 is 19.1 Å². The molecule has 24 heavy (non-hydrogen) atoms. The molecule has 0 bridgehead atoms. The van der Waals surface area contributed by atoms with Gasteiger partial charge in [-0.2, -0.15) is 0 Å². The highest BCUT2D eigenvalue weighted by Crippen LogP contribution is 2.23. The van der Waals surface area contributed by atoms with Crippen LogP contribution in [0.5, 0.6) is 0 Å². The summed E-state index contributed by atoms with van der Waals surface area (Å²) >= 11 is 0. The van der Waals surface area contributed by atoms with Crippen LogP contribution < -0.4 is 5.32 Å². The number of para-hydroxylation sites is 2. The highest BCUT2D eigenvalue weighted by molar-refractivity contribution is 5.61. The largest absolute Gasteiger partial charge is 0.382 e. The second kappa shape index (κ2) is 10.2. The molecule has 2 rings (SSSR count). The molecule has 1 atom stereocenters. The van der Waals surface area contributed by atoms with E-state index in [1.165, 1.54) is 6.07 Å². The molecule has 1 aliphatic rings. The number of hydrogen-bond donors (Lipinski definition) is 1. The molecule has 1 aromatic rings. The summed E-state index contributed by atoms with van der Waals surface area (Å²) in [5.41, 5.74) is 0.600. The Balaban J connectivity index is 1.74. The van der Waals surface area contributed by atoms with E-state index in [1.54, 1.807) is 25.3 Å². The van der Waals surface area contributed by atoms with E-state index in [1.807, 2.05) is 0 Å². The summed E-state index contributed by atoms with van der Waals surface area (Å²) < 4.78 is 16.2. The monoisotopic (exact) mass is 339 g/mol. The van der Waals surface area contributed by atoms with E-state index < -0.39 is 0 Å². The van der Waals surface area contributed by atoms with Gasteiger partial charge in [0.25, 0.3) is 5.69 Å². The second-order valence-corrected chi connectivity index (χ2v) is 5.55. The Morgan fingerprint density at radius 3 is 3.00 bits per heavy atom. The Kier molecular flexibility index (Phi) is 7.90. The first-order valence-electron chi connectivity index (χ1n) is 8.08. The van der Waals surface area contributed by atoms with E-state index in [0.29, 0.717) is 38.7 Å². The van der Waals surface area contributed by atoms with Crippen molar-refractivity contribution >= 4 is 11.4 Å². The molecule has 1 fully saturated rings. The van der Waals surface area contributed by atoms with Crippen molar-refractivity contribution in [3.05, 3.63) is 34.4 Å². The first-order chi connectivity index (χ1) is 11.7. The molecule has 0 radical (unpaired) electrons. The first kappa shape index (κ1) is 18.6. The lowest BCUT2D eigenvalue weighted by atomic mass is 10.2. The number of anilines is 1. The Morgan fingerprint density at radius 1 is 1.38 bits per heavy atom. The van der Waals surface area contributed by atoms with E-state index in [9.17, 15) is 10.1 Å². The molecule has 1 aromatic carbocycles. The molecule has 8 heteroatoms. The molecule has 0 amide bonds. The lowest BCUT2D eigenvalue weighted by Crippen LogP contribution is -2.46. The summed E-state index contributed by atoms with van der Waals surface area (Å²) in [6.45, 7) is 5.54. The molecule has 8 nitrogen and oxygen atoms in total. The van der Waals surface area contributed by atoms with Crippen LogP contribution in [0.2, 0.25) is 0 Å². The normalized spacial score (nSPS) is 18.5. The fourth-order valence-electron chi connectivity index (χ4n) is 2.55. The highest BCUT2D eigenvalue weighted by atomic mass is 16.6. The lowest BCUT2D eigenvalue weighted by Gasteiger charge is -2.33. The van der Waals surface area contributed by atoms with Crippen molar-refractivity contribution in [2.75, 3.05) is 65.0 Å². The van der Waals surface area contributed by atoms with Crippen LogP contribution in [0.1, 0.15) is 0 Å². The number of morpholine rings is 1. The molecular weight excluding hydrogens is 314 g/mol. The SMILES string of the molecule is COCCOCCN1CCO[C@H](CNc2ccccc2[N+](=O)[O-])C1. The number of nitro groups is 1. The topological polar surface area (TPSA) is 86.1 Å². The maximum absolute atomic E-state index is 11.0. The van der Waals surface area contributed by atoms with Crippen molar-refractivity contribution in [3.8, 4) is 0 Å². The van der Waals surface area contributed by atoms with Gasteiger partial charge >= 0.3 is 0 Å². The fourth-order valence-corrected chi connectivity index (χ4v) is 2.55. The second-order valence-electron chi connectivity index (χ2n) is 5.55. The van der Waals surface area contributed by atoms with Crippen molar-refractivity contribution in [1.82, 2.24) is 4.90 Å². The van der Waals surface area contributed by atoms with Gasteiger partial charge in [0.15, 0.2) is 0 Å². The molecule has 0 saturated carbocycles. The third-order valence-electron chi connectivity index (χ3n) is 3.83.